The summed E-state index contributed by atoms with van der Waals surface area (Å²) in [6.45, 7) is 38.4. The molecule has 4 aliphatic carbocycles. The van der Waals surface area contributed by atoms with Crippen molar-refractivity contribution >= 4 is 53.6 Å². The molecule has 5 atom stereocenters. The van der Waals surface area contributed by atoms with Crippen LogP contribution in [-0.2, 0) is 68.5 Å². The molecule has 506 valence electrons. The first-order valence-corrected chi connectivity index (χ1v) is 32.1. The number of aliphatic hydroxyl groups is 1. The van der Waals surface area contributed by atoms with Crippen LogP contribution in [0, 0.1) is 58.2 Å². The van der Waals surface area contributed by atoms with Gasteiger partial charge in [0.15, 0.2) is 0 Å². The number of ether oxygens (including phenoxy) is 5. The molecule has 0 bridgehead atoms. The third-order valence-corrected chi connectivity index (χ3v) is 15.8. The highest BCUT2D eigenvalue weighted by molar-refractivity contribution is 5.96. The van der Waals surface area contributed by atoms with Gasteiger partial charge in [-0.3, -0.25) is 38.4 Å². The Kier molecular flexibility index (Phi) is 31.8. The van der Waals surface area contributed by atoms with Gasteiger partial charge in [-0.15, -0.1) is 26.3 Å². The first kappa shape index (κ1) is 79.7. The Morgan fingerprint density at radius 1 is 0.533 bits per heavy atom. The van der Waals surface area contributed by atoms with Gasteiger partial charge in [-0.2, -0.15) is 0 Å². The normalized spacial score (nSPS) is 17.8. The molecule has 1 heterocycles. The van der Waals surface area contributed by atoms with Crippen molar-refractivity contribution in [2.75, 3.05) is 13.7 Å². The summed E-state index contributed by atoms with van der Waals surface area (Å²) in [5.41, 5.74) is -3.34. The summed E-state index contributed by atoms with van der Waals surface area (Å²) >= 11 is 0. The molecule has 0 spiro atoms. The summed E-state index contributed by atoms with van der Waals surface area (Å²) in [6, 6.07) is 9.37. The number of hydrogen-bond donors (Lipinski definition) is 3. The lowest BCUT2D eigenvalue weighted by atomic mass is 9.66. The number of Topliss-reactive ketones (excluding diaryl/α,β-unsaturated/α-hetero) is 1. The second-order valence-corrected chi connectivity index (χ2v) is 29.0. The number of aliphatic hydroxyl groups excluding tert-OH is 1. The highest BCUT2D eigenvalue weighted by atomic mass is 16.6. The minimum Gasteiger partial charge on any atom is -0.481 e. The SMILES string of the molecule is C=CCC(CC=C)(C(=O)OC(C)(C)C)[C@@H](CC1CC1)C(=O)O.C=CCC(CC=C)(C(=O)OC(C)(C)C)[C@@H](CC1CC1)C(C)=O.CC(C)(C)OC(=O)C[C@@H](CC1CC1)C(=O)N1C(=O)OC[C@@H]1Cc1ccccc1.CC(C)(C)OC(=O)C[C@@H](CC1CC1)C(=O)O.CO. The van der Waals surface area contributed by atoms with Gasteiger partial charge in [0.05, 0.1) is 41.5 Å². The smallest absolute Gasteiger partial charge is 0.416 e. The Morgan fingerprint density at radius 2 is 0.878 bits per heavy atom. The van der Waals surface area contributed by atoms with E-state index < -0.39 is 86.9 Å². The molecule has 4 saturated carbocycles. The number of imide groups is 1. The Balaban J connectivity index is 0.000000412. The number of ketones is 1. The Bertz CT molecular complexity index is 2460. The standard InChI is InChI=1S/C22H29NO5.C19H30O3.C18H28O4.C12H20O4.CH4O/c1-22(2,3)28-19(24)13-17(11-16-9-10-16)20(25)23-18(14-27-21(23)26)12-15-7-5-4-6-8-15;1-7-11-19(12-8-2,17(21)22-18(4,5)6)16(14(3)20)13-15-9-10-15;1-6-10-18(11-7-2,16(21)22-17(3,4)5)14(15(19)20)12-13-8-9-13;1-12(2,3)16-10(13)7-9(11(14)15)6-8-4-5-8;1-2/h4-8,16-18H,9-14H2,1-3H3;7-8,15-16H,1-2,9-13H2,3-6H3;6-7,13-14H,1-2,8-12H2,3-5H3,(H,19,20);8-9H,4-7H2,1-3H3,(H,14,15);2H,1H3/t17-,18+;16-;14-;9-;/m1001./s1. The number of carbonyl (C=O) groups excluding carboxylic acids is 7. The van der Waals surface area contributed by atoms with Crippen LogP contribution in [0.1, 0.15) is 211 Å². The number of carboxylic acid groups (broad SMARTS) is 2. The van der Waals surface area contributed by atoms with Gasteiger partial charge < -0.3 is 39.0 Å². The number of nitrogens with zero attached hydrogens (tertiary/aromatic N) is 1. The van der Waals surface area contributed by atoms with Gasteiger partial charge in [-0.1, -0.05) is 106 Å². The molecule has 0 radical (unpaired) electrons. The fraction of sp³-hybridized carbons (Fsp3) is 0.681. The minimum absolute atomic E-state index is 0.00552. The van der Waals surface area contributed by atoms with E-state index in [9.17, 15) is 48.3 Å². The molecule has 5 fully saturated rings. The average Bonchev–Trinajstić information content (AvgIpc) is 1.28. The zero-order valence-electron chi connectivity index (χ0n) is 56.9. The molecule has 18 nitrogen and oxygen atoms in total. The predicted octanol–water partition coefficient (Wildman–Crippen LogP) is 14.0. The molecule has 5 aliphatic rings. The first-order valence-electron chi connectivity index (χ1n) is 32.1. The highest BCUT2D eigenvalue weighted by Crippen LogP contribution is 2.49. The van der Waals surface area contributed by atoms with Gasteiger partial charge in [0, 0.05) is 18.9 Å². The number of carboxylic acids is 2. The average molecular weight is 1260 g/mol. The lowest BCUT2D eigenvalue weighted by Crippen LogP contribution is -2.46. The van der Waals surface area contributed by atoms with Gasteiger partial charge in [-0.25, -0.2) is 9.69 Å². The molecule has 1 saturated heterocycles. The number of carbonyl (C=O) groups is 9. The Hall–Kier alpha value is -6.43. The van der Waals surface area contributed by atoms with E-state index >= 15 is 0 Å². The van der Waals surface area contributed by atoms with Crippen LogP contribution in [0.5, 0.6) is 0 Å². The lowest BCUT2D eigenvalue weighted by Gasteiger charge is -2.38. The van der Waals surface area contributed by atoms with Crippen molar-refractivity contribution in [1.82, 2.24) is 4.90 Å². The molecule has 0 unspecified atom stereocenters. The summed E-state index contributed by atoms with van der Waals surface area (Å²) in [5, 5.41) is 25.7. The predicted molar refractivity (Wildman–Crippen MR) is 346 cm³/mol. The van der Waals surface area contributed by atoms with E-state index in [0.29, 0.717) is 62.2 Å². The number of aliphatic carboxylic acids is 2. The van der Waals surface area contributed by atoms with Crippen LogP contribution >= 0.6 is 0 Å². The van der Waals surface area contributed by atoms with Gasteiger partial charge in [0.2, 0.25) is 5.91 Å². The molecule has 1 aromatic carbocycles. The van der Waals surface area contributed by atoms with E-state index in [2.05, 4.69) is 26.3 Å². The highest BCUT2D eigenvalue weighted by Gasteiger charge is 2.52. The van der Waals surface area contributed by atoms with Crippen molar-refractivity contribution in [3.63, 3.8) is 0 Å². The summed E-state index contributed by atoms with van der Waals surface area (Å²) in [7, 11) is 1.00. The number of cyclic esters (lactones) is 1. The summed E-state index contributed by atoms with van der Waals surface area (Å²) < 4.78 is 26.9. The van der Waals surface area contributed by atoms with Crippen LogP contribution in [0.4, 0.5) is 4.79 Å². The van der Waals surface area contributed by atoms with Crippen LogP contribution in [0.2, 0.25) is 0 Å². The van der Waals surface area contributed by atoms with Gasteiger partial charge in [-0.05, 0) is 177 Å². The van der Waals surface area contributed by atoms with Crippen LogP contribution in [0.3, 0.4) is 0 Å². The molecule has 1 aliphatic heterocycles. The third kappa shape index (κ3) is 29.2. The van der Waals surface area contributed by atoms with Gasteiger partial charge in [0.25, 0.3) is 0 Å². The molecule has 6 rings (SSSR count). The van der Waals surface area contributed by atoms with E-state index in [0.717, 1.165) is 70.5 Å². The fourth-order valence-corrected chi connectivity index (χ4v) is 11.0. The number of amides is 2. The maximum Gasteiger partial charge on any atom is 0.416 e. The van der Waals surface area contributed by atoms with Crippen molar-refractivity contribution in [3.8, 4) is 0 Å². The summed E-state index contributed by atoms with van der Waals surface area (Å²) in [4.78, 5) is 111. The molecule has 2 amide bonds. The quantitative estimate of drug-likeness (QED) is 0.0367. The Morgan fingerprint density at radius 3 is 1.21 bits per heavy atom. The van der Waals surface area contributed by atoms with Gasteiger partial charge >= 0.3 is 41.9 Å². The molecule has 0 aromatic heterocycles. The zero-order valence-corrected chi connectivity index (χ0v) is 56.9. The second kappa shape index (κ2) is 36.0. The molecule has 18 heteroatoms. The molecular weight excluding hydrogens is 1150 g/mol. The van der Waals surface area contributed by atoms with E-state index in [-0.39, 0.29) is 61.9 Å². The van der Waals surface area contributed by atoms with Crippen LogP contribution in [-0.4, -0.2) is 116 Å². The number of rotatable bonds is 30. The molecule has 3 N–H and O–H groups in total. The van der Waals surface area contributed by atoms with Crippen molar-refractivity contribution in [2.24, 2.45) is 58.2 Å². The number of esters is 4. The number of hydrogen-bond acceptors (Lipinski definition) is 15. The van der Waals surface area contributed by atoms with E-state index in [1.165, 1.54) is 4.90 Å². The van der Waals surface area contributed by atoms with Crippen LogP contribution in [0.25, 0.3) is 0 Å². The maximum atomic E-state index is 13.2. The zero-order chi connectivity index (χ0) is 68.6. The van der Waals surface area contributed by atoms with Crippen molar-refractivity contribution in [1.29, 1.82) is 0 Å². The monoisotopic (exact) mass is 1260 g/mol. The lowest BCUT2D eigenvalue weighted by molar-refractivity contribution is -0.177. The van der Waals surface area contributed by atoms with Gasteiger partial charge in [0.1, 0.15) is 34.8 Å². The van der Waals surface area contributed by atoms with Crippen LogP contribution < -0.4 is 0 Å². The van der Waals surface area contributed by atoms with Crippen molar-refractivity contribution in [3.05, 3.63) is 86.5 Å². The maximum absolute atomic E-state index is 13.2. The van der Waals surface area contributed by atoms with Crippen LogP contribution in [0.15, 0.2) is 81.0 Å². The molecule has 1 aromatic rings. The van der Waals surface area contributed by atoms with Crippen molar-refractivity contribution in [2.45, 2.75) is 240 Å². The third-order valence-electron chi connectivity index (χ3n) is 15.8. The molecular formula is C72H111NO17. The Labute approximate surface area is 537 Å². The van der Waals surface area contributed by atoms with E-state index in [1.807, 2.05) is 51.1 Å². The minimum atomic E-state index is -1.12. The fourth-order valence-electron chi connectivity index (χ4n) is 11.0. The van der Waals surface area contributed by atoms with E-state index in [4.69, 9.17) is 33.9 Å². The molecule has 90 heavy (non-hydrogen) atoms. The number of allylic oxidation sites excluding steroid dienone is 4. The second-order valence-electron chi connectivity index (χ2n) is 29.0. The first-order chi connectivity index (χ1) is 41.8. The number of benzene rings is 1. The largest absolute Gasteiger partial charge is 0.481 e. The topological polar surface area (TPSA) is 264 Å². The van der Waals surface area contributed by atoms with Crippen molar-refractivity contribution < 1.29 is 82.2 Å². The summed E-state index contributed by atoms with van der Waals surface area (Å²) in [5.74, 6) is -4.01. The summed E-state index contributed by atoms with van der Waals surface area (Å²) in [6.07, 6.45) is 19.2. The van der Waals surface area contributed by atoms with E-state index in [1.54, 1.807) is 93.5 Å².